The second-order valence-corrected chi connectivity index (χ2v) is 6.26. The maximum atomic E-state index is 12.7. The Kier molecular flexibility index (Phi) is 5.04. The molecule has 130 valence electrons. The molecular weight excluding hydrogens is 340 g/mol. The van der Waals surface area contributed by atoms with E-state index in [1.807, 2.05) is 42.6 Å². The molecule has 2 aromatic heterocycles. The van der Waals surface area contributed by atoms with Gasteiger partial charge in [-0.3, -0.25) is 4.79 Å². The van der Waals surface area contributed by atoms with E-state index in [-0.39, 0.29) is 17.6 Å². The van der Waals surface area contributed by atoms with Crippen LogP contribution in [0.4, 0.5) is 0 Å². The van der Waals surface area contributed by atoms with Crippen molar-refractivity contribution >= 4 is 17.2 Å². The minimum atomic E-state index is -0.311. The summed E-state index contributed by atoms with van der Waals surface area (Å²) in [4.78, 5) is 17.6. The van der Waals surface area contributed by atoms with E-state index >= 15 is 0 Å². The van der Waals surface area contributed by atoms with Crippen molar-refractivity contribution in [2.75, 3.05) is 14.2 Å². The molecule has 1 unspecified atom stereocenters. The van der Waals surface area contributed by atoms with Gasteiger partial charge in [0.25, 0.3) is 5.91 Å². The third kappa shape index (κ3) is 3.51. The van der Waals surface area contributed by atoms with Gasteiger partial charge in [0.2, 0.25) is 0 Å². The SMILES string of the molecule is COc1ccc(OC)c(C(C)NC(=O)c2ncoc2-c2cccs2)c1. The predicted octanol–water partition coefficient (Wildman–Crippen LogP) is 3.91. The normalized spacial score (nSPS) is 11.8. The maximum absolute atomic E-state index is 12.7. The highest BCUT2D eigenvalue weighted by Crippen LogP contribution is 2.31. The molecule has 2 heterocycles. The van der Waals surface area contributed by atoms with E-state index < -0.39 is 0 Å². The summed E-state index contributed by atoms with van der Waals surface area (Å²) in [5, 5.41) is 4.85. The van der Waals surface area contributed by atoms with Crippen LogP contribution in [0, 0.1) is 0 Å². The number of methoxy groups -OCH3 is 2. The summed E-state index contributed by atoms with van der Waals surface area (Å²) in [6.07, 6.45) is 1.28. The first-order chi connectivity index (χ1) is 12.1. The van der Waals surface area contributed by atoms with Crippen LogP contribution in [0.5, 0.6) is 11.5 Å². The molecule has 0 spiro atoms. The average Bonchev–Trinajstić information content (AvgIpc) is 3.31. The number of rotatable bonds is 6. The first kappa shape index (κ1) is 17.0. The van der Waals surface area contributed by atoms with Crippen LogP contribution in [-0.4, -0.2) is 25.1 Å². The van der Waals surface area contributed by atoms with Crippen molar-refractivity contribution in [3.63, 3.8) is 0 Å². The topological polar surface area (TPSA) is 73.6 Å². The van der Waals surface area contributed by atoms with Gasteiger partial charge in [0.1, 0.15) is 11.5 Å². The highest BCUT2D eigenvalue weighted by atomic mass is 32.1. The van der Waals surface area contributed by atoms with Gasteiger partial charge in [-0.1, -0.05) is 6.07 Å². The Labute approximate surface area is 149 Å². The molecule has 0 radical (unpaired) electrons. The fraction of sp³-hybridized carbons (Fsp3) is 0.222. The number of ether oxygens (including phenoxy) is 2. The summed E-state index contributed by atoms with van der Waals surface area (Å²) in [5.41, 5.74) is 1.08. The van der Waals surface area contributed by atoms with E-state index in [2.05, 4.69) is 10.3 Å². The molecular formula is C18H18N2O4S. The van der Waals surface area contributed by atoms with Crippen LogP contribution >= 0.6 is 11.3 Å². The zero-order chi connectivity index (χ0) is 17.8. The number of thiophene rings is 1. The van der Waals surface area contributed by atoms with Crippen molar-refractivity contribution in [2.45, 2.75) is 13.0 Å². The minimum absolute atomic E-state index is 0.260. The molecule has 0 aliphatic rings. The molecule has 3 rings (SSSR count). The van der Waals surface area contributed by atoms with E-state index in [0.29, 0.717) is 17.3 Å². The molecule has 0 saturated carbocycles. The van der Waals surface area contributed by atoms with Crippen molar-refractivity contribution in [1.29, 1.82) is 0 Å². The van der Waals surface area contributed by atoms with Gasteiger partial charge in [0, 0.05) is 5.56 Å². The summed E-state index contributed by atoms with van der Waals surface area (Å²) >= 11 is 1.49. The standard InChI is InChI=1S/C18H18N2O4S/c1-11(13-9-12(22-2)6-7-14(13)23-3)20-18(21)16-17(24-10-19-16)15-5-4-8-25-15/h4-11H,1-3H3,(H,20,21). The monoisotopic (exact) mass is 358 g/mol. The average molecular weight is 358 g/mol. The van der Waals surface area contributed by atoms with Crippen molar-refractivity contribution in [2.24, 2.45) is 0 Å². The number of amides is 1. The Balaban J connectivity index is 1.84. The van der Waals surface area contributed by atoms with Gasteiger partial charge in [-0.25, -0.2) is 4.98 Å². The molecule has 1 aromatic carbocycles. The first-order valence-electron chi connectivity index (χ1n) is 7.64. The van der Waals surface area contributed by atoms with E-state index in [4.69, 9.17) is 13.9 Å². The fourth-order valence-corrected chi connectivity index (χ4v) is 3.22. The molecule has 25 heavy (non-hydrogen) atoms. The largest absolute Gasteiger partial charge is 0.497 e. The number of nitrogens with one attached hydrogen (secondary N) is 1. The second kappa shape index (κ2) is 7.40. The second-order valence-electron chi connectivity index (χ2n) is 5.31. The van der Waals surface area contributed by atoms with Gasteiger partial charge in [-0.15, -0.1) is 11.3 Å². The van der Waals surface area contributed by atoms with Crippen LogP contribution < -0.4 is 14.8 Å². The Bertz CT molecular complexity index is 858. The molecule has 6 nitrogen and oxygen atoms in total. The highest BCUT2D eigenvalue weighted by molar-refractivity contribution is 7.13. The number of carbonyl (C=O) groups is 1. The summed E-state index contributed by atoms with van der Waals surface area (Å²) in [6.45, 7) is 1.88. The van der Waals surface area contributed by atoms with Gasteiger partial charge < -0.3 is 19.2 Å². The summed E-state index contributed by atoms with van der Waals surface area (Å²) in [5.74, 6) is 1.52. The summed E-state index contributed by atoms with van der Waals surface area (Å²) in [7, 11) is 3.18. The van der Waals surface area contributed by atoms with Crippen LogP contribution in [-0.2, 0) is 0 Å². The predicted molar refractivity (Wildman–Crippen MR) is 95.2 cm³/mol. The van der Waals surface area contributed by atoms with Gasteiger partial charge in [-0.05, 0) is 36.6 Å². The van der Waals surface area contributed by atoms with E-state index in [0.717, 1.165) is 10.4 Å². The van der Waals surface area contributed by atoms with Crippen molar-refractivity contribution in [3.8, 4) is 22.1 Å². The third-order valence-electron chi connectivity index (χ3n) is 3.78. The zero-order valence-corrected chi connectivity index (χ0v) is 14.9. The quantitative estimate of drug-likeness (QED) is 0.723. The lowest BCUT2D eigenvalue weighted by Gasteiger charge is -2.18. The Morgan fingerprint density at radius 2 is 2.12 bits per heavy atom. The highest BCUT2D eigenvalue weighted by Gasteiger charge is 2.22. The van der Waals surface area contributed by atoms with Crippen LogP contribution in [0.25, 0.3) is 10.6 Å². The van der Waals surface area contributed by atoms with E-state index in [1.165, 1.54) is 17.7 Å². The molecule has 1 N–H and O–H groups in total. The van der Waals surface area contributed by atoms with Gasteiger partial charge in [0.15, 0.2) is 17.8 Å². The van der Waals surface area contributed by atoms with E-state index in [9.17, 15) is 4.79 Å². The lowest BCUT2D eigenvalue weighted by atomic mass is 10.1. The zero-order valence-electron chi connectivity index (χ0n) is 14.1. The molecule has 0 fully saturated rings. The third-order valence-corrected chi connectivity index (χ3v) is 4.65. The molecule has 0 bridgehead atoms. The van der Waals surface area contributed by atoms with Crippen LogP contribution in [0.2, 0.25) is 0 Å². The molecule has 0 saturated heterocycles. The van der Waals surface area contributed by atoms with Gasteiger partial charge in [0.05, 0.1) is 25.1 Å². The maximum Gasteiger partial charge on any atom is 0.274 e. The number of benzene rings is 1. The number of aromatic nitrogens is 1. The first-order valence-corrected chi connectivity index (χ1v) is 8.52. The van der Waals surface area contributed by atoms with E-state index in [1.54, 1.807) is 14.2 Å². The fourth-order valence-electron chi connectivity index (χ4n) is 2.51. The number of nitrogens with zero attached hydrogens (tertiary/aromatic N) is 1. The van der Waals surface area contributed by atoms with Gasteiger partial charge in [-0.2, -0.15) is 0 Å². The van der Waals surface area contributed by atoms with Crippen molar-refractivity contribution in [1.82, 2.24) is 10.3 Å². The lowest BCUT2D eigenvalue weighted by Crippen LogP contribution is -2.27. The van der Waals surface area contributed by atoms with Crippen molar-refractivity contribution in [3.05, 3.63) is 53.4 Å². The lowest BCUT2D eigenvalue weighted by molar-refractivity contribution is 0.0935. The minimum Gasteiger partial charge on any atom is -0.497 e. The van der Waals surface area contributed by atoms with Crippen LogP contribution in [0.15, 0.2) is 46.5 Å². The number of carbonyl (C=O) groups excluding carboxylic acids is 1. The Morgan fingerprint density at radius 3 is 2.80 bits per heavy atom. The van der Waals surface area contributed by atoms with Crippen molar-refractivity contribution < 1.29 is 18.7 Å². The Morgan fingerprint density at radius 1 is 1.28 bits per heavy atom. The molecule has 1 amide bonds. The number of hydrogen-bond acceptors (Lipinski definition) is 6. The van der Waals surface area contributed by atoms with Gasteiger partial charge >= 0.3 is 0 Å². The molecule has 0 aliphatic carbocycles. The number of hydrogen-bond donors (Lipinski definition) is 1. The number of oxazole rings is 1. The smallest absolute Gasteiger partial charge is 0.274 e. The molecule has 7 heteroatoms. The molecule has 0 aliphatic heterocycles. The summed E-state index contributed by atoms with van der Waals surface area (Å²) < 4.78 is 16.0. The molecule has 3 aromatic rings. The molecule has 1 atom stereocenters. The summed E-state index contributed by atoms with van der Waals surface area (Å²) in [6, 6.07) is 8.94. The van der Waals surface area contributed by atoms with Crippen LogP contribution in [0.1, 0.15) is 29.0 Å². The van der Waals surface area contributed by atoms with Crippen LogP contribution in [0.3, 0.4) is 0 Å². The Hall–Kier alpha value is -2.80.